The van der Waals surface area contributed by atoms with Gasteiger partial charge in [0.2, 0.25) is 0 Å². The zero-order valence-electron chi connectivity index (χ0n) is 20.0. The monoisotopic (exact) mass is 446 g/mol. The van der Waals surface area contributed by atoms with E-state index in [1.54, 1.807) is 11.8 Å². The van der Waals surface area contributed by atoms with Crippen LogP contribution in [0.2, 0.25) is 0 Å². The lowest BCUT2D eigenvalue weighted by atomic mass is 9.74. The van der Waals surface area contributed by atoms with E-state index in [1.807, 2.05) is 32.1 Å². The number of carbonyl (C=O) groups excluding carboxylic acids is 1. The Bertz CT molecular complexity index is 854. The fraction of sp³-hybridized carbons (Fsp3) is 0.577. The highest BCUT2D eigenvalue weighted by atomic mass is 32.2. The Balaban J connectivity index is 2.36. The average molecular weight is 447 g/mol. The van der Waals surface area contributed by atoms with E-state index in [-0.39, 0.29) is 10.8 Å². The molecule has 1 aromatic carbocycles. The molecule has 0 N–H and O–H groups in total. The van der Waals surface area contributed by atoms with E-state index in [0.717, 1.165) is 25.0 Å². The second kappa shape index (κ2) is 10.4. The largest absolute Gasteiger partial charge is 0.483 e. The lowest BCUT2D eigenvalue weighted by Gasteiger charge is -2.32. The minimum atomic E-state index is -0.262. The first kappa shape index (κ1) is 25.0. The van der Waals surface area contributed by atoms with E-state index in [2.05, 4.69) is 58.2 Å². The molecule has 30 heavy (non-hydrogen) atoms. The summed E-state index contributed by atoms with van der Waals surface area (Å²) in [5, 5.41) is 0. The molecule has 0 radical (unpaired) electrons. The Morgan fingerprint density at radius 1 is 1.07 bits per heavy atom. The Hall–Kier alpha value is -1.26. The van der Waals surface area contributed by atoms with Crippen LogP contribution in [0.5, 0.6) is 5.75 Å². The van der Waals surface area contributed by atoms with Gasteiger partial charge in [0.25, 0.3) is 0 Å². The number of rotatable bonds is 10. The summed E-state index contributed by atoms with van der Waals surface area (Å²) in [6.07, 6.45) is 5.62. The molecule has 1 aromatic heterocycles. The fourth-order valence-corrected chi connectivity index (χ4v) is 5.76. The SMILES string of the molecule is CCC(CC)(c1ccc(OCSC)c(C)c1)c1cc(C)c(CCC(=O)C(C)(C)C)s1. The number of aryl methyl sites for hydroxylation is 3. The van der Waals surface area contributed by atoms with Crippen LogP contribution in [0.25, 0.3) is 0 Å². The number of ketones is 1. The summed E-state index contributed by atoms with van der Waals surface area (Å²) >= 11 is 3.59. The predicted molar refractivity (Wildman–Crippen MR) is 133 cm³/mol. The van der Waals surface area contributed by atoms with Gasteiger partial charge in [0.1, 0.15) is 17.5 Å². The minimum absolute atomic E-state index is 0.00447. The first-order chi connectivity index (χ1) is 14.1. The quantitative estimate of drug-likeness (QED) is 0.349. The van der Waals surface area contributed by atoms with Gasteiger partial charge in [-0.1, -0.05) is 46.8 Å². The van der Waals surface area contributed by atoms with Gasteiger partial charge in [0.05, 0.1) is 0 Å². The second-order valence-electron chi connectivity index (χ2n) is 9.21. The molecule has 0 atom stereocenters. The number of carbonyl (C=O) groups is 1. The first-order valence-electron chi connectivity index (χ1n) is 10.9. The molecular formula is C26H38O2S2. The topological polar surface area (TPSA) is 26.3 Å². The van der Waals surface area contributed by atoms with Crippen LogP contribution in [0, 0.1) is 19.3 Å². The smallest absolute Gasteiger partial charge is 0.138 e. The Morgan fingerprint density at radius 2 is 1.73 bits per heavy atom. The molecule has 1 heterocycles. The molecular weight excluding hydrogens is 408 g/mol. The van der Waals surface area contributed by atoms with Crippen LogP contribution in [0.15, 0.2) is 24.3 Å². The molecule has 0 aliphatic rings. The molecule has 0 bridgehead atoms. The summed E-state index contributed by atoms with van der Waals surface area (Å²) in [5.74, 6) is 1.98. The fourth-order valence-electron chi connectivity index (χ4n) is 3.99. The van der Waals surface area contributed by atoms with Crippen molar-refractivity contribution in [3.05, 3.63) is 50.7 Å². The highest BCUT2D eigenvalue weighted by Gasteiger charge is 2.33. The van der Waals surface area contributed by atoms with Crippen molar-refractivity contribution in [2.45, 2.75) is 79.6 Å². The summed E-state index contributed by atoms with van der Waals surface area (Å²) in [6, 6.07) is 9.04. The van der Waals surface area contributed by atoms with Gasteiger partial charge in [0.15, 0.2) is 0 Å². The minimum Gasteiger partial charge on any atom is -0.483 e. The normalized spacial score (nSPS) is 12.3. The zero-order valence-corrected chi connectivity index (χ0v) is 21.6. The van der Waals surface area contributed by atoms with Gasteiger partial charge < -0.3 is 4.74 Å². The number of ether oxygens (including phenoxy) is 1. The first-order valence-corrected chi connectivity index (χ1v) is 13.2. The molecule has 2 rings (SSSR count). The lowest BCUT2D eigenvalue weighted by molar-refractivity contribution is -0.126. The summed E-state index contributed by atoms with van der Waals surface area (Å²) in [6.45, 7) is 14.9. The molecule has 0 unspecified atom stereocenters. The number of thioether (sulfide) groups is 1. The predicted octanol–water partition coefficient (Wildman–Crippen LogP) is 7.72. The molecule has 0 amide bonds. The van der Waals surface area contributed by atoms with Crippen LogP contribution in [-0.2, 0) is 16.6 Å². The Morgan fingerprint density at radius 3 is 2.27 bits per heavy atom. The standard InChI is InChI=1S/C26H38O2S2/c1-9-26(10-2,20-11-12-21(18(3)15-20)28-17-29-8)24-16-19(4)22(30-24)13-14-23(27)25(5,6)7/h11-12,15-16H,9-10,13-14,17H2,1-8H3. The average Bonchev–Trinajstić information content (AvgIpc) is 3.07. The van der Waals surface area contributed by atoms with Gasteiger partial charge in [-0.2, -0.15) is 0 Å². The van der Waals surface area contributed by atoms with Crippen LogP contribution in [-0.4, -0.2) is 18.0 Å². The van der Waals surface area contributed by atoms with Gasteiger partial charge in [-0.25, -0.2) is 0 Å². The van der Waals surface area contributed by atoms with Crippen LogP contribution in [0.1, 0.15) is 80.3 Å². The molecule has 0 saturated carbocycles. The zero-order chi connectivity index (χ0) is 22.5. The van der Waals surface area contributed by atoms with E-state index in [0.29, 0.717) is 18.1 Å². The summed E-state index contributed by atoms with van der Waals surface area (Å²) < 4.78 is 5.87. The van der Waals surface area contributed by atoms with Crippen molar-refractivity contribution >= 4 is 28.9 Å². The molecule has 2 aromatic rings. The summed E-state index contributed by atoms with van der Waals surface area (Å²) in [4.78, 5) is 15.2. The maximum absolute atomic E-state index is 12.4. The van der Waals surface area contributed by atoms with Crippen LogP contribution >= 0.6 is 23.1 Å². The van der Waals surface area contributed by atoms with Crippen molar-refractivity contribution < 1.29 is 9.53 Å². The maximum Gasteiger partial charge on any atom is 0.138 e. The molecule has 0 spiro atoms. The molecule has 166 valence electrons. The number of benzene rings is 1. The summed E-state index contributed by atoms with van der Waals surface area (Å²) in [5.41, 5.74) is 3.61. The van der Waals surface area contributed by atoms with Crippen molar-refractivity contribution in [1.29, 1.82) is 0 Å². The third kappa shape index (κ3) is 5.50. The van der Waals surface area contributed by atoms with Crippen LogP contribution in [0.3, 0.4) is 0 Å². The second-order valence-corrected chi connectivity index (χ2v) is 11.2. The highest BCUT2D eigenvalue weighted by Crippen LogP contribution is 2.44. The molecule has 4 heteroatoms. The van der Waals surface area contributed by atoms with Gasteiger partial charge >= 0.3 is 0 Å². The van der Waals surface area contributed by atoms with Gasteiger partial charge in [-0.05, 0) is 68.2 Å². The van der Waals surface area contributed by atoms with E-state index in [1.165, 1.54) is 26.4 Å². The van der Waals surface area contributed by atoms with E-state index in [9.17, 15) is 4.79 Å². The van der Waals surface area contributed by atoms with Gasteiger partial charge in [-0.15, -0.1) is 23.1 Å². The van der Waals surface area contributed by atoms with Crippen LogP contribution in [0.4, 0.5) is 0 Å². The molecule has 0 aliphatic carbocycles. The van der Waals surface area contributed by atoms with Gasteiger partial charge in [-0.3, -0.25) is 4.79 Å². The van der Waals surface area contributed by atoms with E-state index >= 15 is 0 Å². The van der Waals surface area contributed by atoms with E-state index < -0.39 is 0 Å². The third-order valence-corrected chi connectivity index (χ3v) is 8.03. The van der Waals surface area contributed by atoms with Crippen molar-refractivity contribution in [2.75, 3.05) is 12.2 Å². The molecule has 0 fully saturated rings. The van der Waals surface area contributed by atoms with Crippen molar-refractivity contribution in [1.82, 2.24) is 0 Å². The van der Waals surface area contributed by atoms with Gasteiger partial charge in [0, 0.05) is 27.0 Å². The number of hydrogen-bond acceptors (Lipinski definition) is 4. The van der Waals surface area contributed by atoms with E-state index in [4.69, 9.17) is 4.74 Å². The van der Waals surface area contributed by atoms with Crippen molar-refractivity contribution in [2.24, 2.45) is 5.41 Å². The lowest BCUT2D eigenvalue weighted by Crippen LogP contribution is -2.25. The number of hydrogen-bond donors (Lipinski definition) is 0. The van der Waals surface area contributed by atoms with Crippen molar-refractivity contribution in [3.63, 3.8) is 0 Å². The van der Waals surface area contributed by atoms with Crippen molar-refractivity contribution in [3.8, 4) is 5.75 Å². The van der Waals surface area contributed by atoms with Crippen LogP contribution < -0.4 is 4.74 Å². The Labute approximate surface area is 191 Å². The third-order valence-electron chi connectivity index (χ3n) is 6.17. The highest BCUT2D eigenvalue weighted by molar-refractivity contribution is 7.98. The number of Topliss-reactive ketones (excluding diaryl/α,β-unsaturated/α-hetero) is 1. The summed E-state index contributed by atoms with van der Waals surface area (Å²) in [7, 11) is 0. The molecule has 0 aliphatic heterocycles. The molecule has 2 nitrogen and oxygen atoms in total. The molecule has 0 saturated heterocycles. The maximum atomic E-state index is 12.4. The number of thiophene rings is 1. The Kier molecular flexibility index (Phi) is 8.64.